The van der Waals surface area contributed by atoms with Gasteiger partial charge in [-0.25, -0.2) is 4.98 Å². The Balaban J connectivity index is 2.18. The number of hydrogen-bond donors (Lipinski definition) is 0. The van der Waals surface area contributed by atoms with Crippen molar-refractivity contribution < 1.29 is 4.74 Å². The third-order valence-corrected chi connectivity index (χ3v) is 3.78. The van der Waals surface area contributed by atoms with Crippen molar-refractivity contribution in [2.24, 2.45) is 0 Å². The van der Waals surface area contributed by atoms with Gasteiger partial charge in [0.25, 0.3) is 5.56 Å². The fourth-order valence-corrected chi connectivity index (χ4v) is 2.67. The van der Waals surface area contributed by atoms with Gasteiger partial charge < -0.3 is 4.74 Å². The van der Waals surface area contributed by atoms with Crippen molar-refractivity contribution >= 4 is 17.0 Å². The van der Waals surface area contributed by atoms with Crippen molar-refractivity contribution in [1.82, 2.24) is 9.55 Å². The second-order valence-electron chi connectivity index (χ2n) is 5.55. The number of fused-ring (bicyclic) bond motifs is 1. The number of benzene rings is 2. The van der Waals surface area contributed by atoms with Crippen molar-refractivity contribution in [3.8, 4) is 0 Å². The maximum absolute atomic E-state index is 12.9. The Morgan fingerprint density at radius 2 is 1.83 bits per heavy atom. The van der Waals surface area contributed by atoms with Gasteiger partial charge >= 0.3 is 0 Å². The maximum Gasteiger partial charge on any atom is 0.261 e. The summed E-state index contributed by atoms with van der Waals surface area (Å²) in [4.78, 5) is 17.6. The van der Waals surface area contributed by atoms with Gasteiger partial charge in [-0.3, -0.25) is 9.36 Å². The molecule has 0 bridgehead atoms. The Hall–Kier alpha value is -2.88. The molecule has 0 atom stereocenters. The molecule has 0 saturated carbocycles. The quantitative estimate of drug-likeness (QED) is 0.671. The first kappa shape index (κ1) is 16.0. The zero-order valence-electron chi connectivity index (χ0n) is 13.9. The molecule has 0 fully saturated rings. The molecule has 3 rings (SSSR count). The van der Waals surface area contributed by atoms with E-state index in [2.05, 4.69) is 4.98 Å². The Labute approximate surface area is 141 Å². The van der Waals surface area contributed by atoms with Crippen LogP contribution in [0.3, 0.4) is 0 Å². The highest BCUT2D eigenvalue weighted by molar-refractivity contribution is 5.78. The highest BCUT2D eigenvalue weighted by Crippen LogP contribution is 2.13. The summed E-state index contributed by atoms with van der Waals surface area (Å²) in [7, 11) is 0. The lowest BCUT2D eigenvalue weighted by Crippen LogP contribution is -2.24. The summed E-state index contributed by atoms with van der Waals surface area (Å²) >= 11 is 0. The van der Waals surface area contributed by atoms with Crippen LogP contribution in [0.15, 0.2) is 65.2 Å². The third kappa shape index (κ3) is 3.38. The molecule has 1 aromatic heterocycles. The van der Waals surface area contributed by atoms with Gasteiger partial charge in [0.1, 0.15) is 5.82 Å². The fraction of sp³-hybridized carbons (Fsp3) is 0.200. The standard InChI is InChI=1S/C20H20N2O2/c1-3-24-15(2)13-19-21-18-12-8-7-11-17(18)20(23)22(19)14-16-9-5-4-6-10-16/h4-13H,3,14H2,1-2H3/b15-13+. The number of ether oxygens (including phenoxy) is 1. The highest BCUT2D eigenvalue weighted by atomic mass is 16.5. The topological polar surface area (TPSA) is 44.1 Å². The summed E-state index contributed by atoms with van der Waals surface area (Å²) < 4.78 is 7.20. The van der Waals surface area contributed by atoms with E-state index in [4.69, 9.17) is 4.74 Å². The van der Waals surface area contributed by atoms with Gasteiger partial charge in [-0.15, -0.1) is 0 Å². The molecule has 0 unspecified atom stereocenters. The van der Waals surface area contributed by atoms with Gasteiger partial charge in [-0.05, 0) is 31.5 Å². The van der Waals surface area contributed by atoms with Gasteiger partial charge in [0.2, 0.25) is 0 Å². The van der Waals surface area contributed by atoms with Crippen LogP contribution in [0.5, 0.6) is 0 Å². The predicted octanol–water partition coefficient (Wildman–Crippen LogP) is 3.84. The lowest BCUT2D eigenvalue weighted by molar-refractivity contribution is 0.234. The second-order valence-corrected chi connectivity index (χ2v) is 5.55. The molecule has 0 radical (unpaired) electrons. The minimum atomic E-state index is -0.0417. The summed E-state index contributed by atoms with van der Waals surface area (Å²) in [6.07, 6.45) is 1.82. The number of rotatable bonds is 5. The maximum atomic E-state index is 12.9. The zero-order chi connectivity index (χ0) is 16.9. The first-order valence-electron chi connectivity index (χ1n) is 8.03. The van der Waals surface area contributed by atoms with Gasteiger partial charge in [-0.1, -0.05) is 42.5 Å². The third-order valence-electron chi connectivity index (χ3n) is 3.78. The molecule has 4 heteroatoms. The van der Waals surface area contributed by atoms with Crippen LogP contribution in [0.25, 0.3) is 17.0 Å². The van der Waals surface area contributed by atoms with E-state index < -0.39 is 0 Å². The van der Waals surface area contributed by atoms with Crippen molar-refractivity contribution in [3.05, 3.63) is 82.1 Å². The molecule has 0 aliphatic carbocycles. The van der Waals surface area contributed by atoms with Gasteiger partial charge in [-0.2, -0.15) is 0 Å². The monoisotopic (exact) mass is 320 g/mol. The summed E-state index contributed by atoms with van der Waals surface area (Å²) in [5, 5.41) is 0.625. The van der Waals surface area contributed by atoms with Gasteiger partial charge in [0, 0.05) is 6.08 Å². The Morgan fingerprint density at radius 1 is 1.12 bits per heavy atom. The molecule has 2 aromatic carbocycles. The van der Waals surface area contributed by atoms with Crippen molar-refractivity contribution in [1.29, 1.82) is 0 Å². The molecule has 3 aromatic rings. The first-order valence-corrected chi connectivity index (χ1v) is 8.03. The van der Waals surface area contributed by atoms with E-state index >= 15 is 0 Å². The molecule has 0 aliphatic rings. The van der Waals surface area contributed by atoms with E-state index in [9.17, 15) is 4.79 Å². The first-order chi connectivity index (χ1) is 11.7. The lowest BCUT2D eigenvalue weighted by Gasteiger charge is -2.12. The lowest BCUT2D eigenvalue weighted by atomic mass is 10.2. The summed E-state index contributed by atoms with van der Waals surface area (Å²) in [5.74, 6) is 1.34. The van der Waals surface area contributed by atoms with Crippen LogP contribution >= 0.6 is 0 Å². The fourth-order valence-electron chi connectivity index (χ4n) is 2.67. The van der Waals surface area contributed by atoms with Crippen LogP contribution in [0, 0.1) is 0 Å². The normalized spacial score (nSPS) is 11.7. The van der Waals surface area contributed by atoms with E-state index in [0.29, 0.717) is 29.9 Å². The molecule has 0 aliphatic heterocycles. The molecular formula is C20H20N2O2. The summed E-state index contributed by atoms with van der Waals surface area (Å²) in [6, 6.07) is 17.3. The van der Waals surface area contributed by atoms with E-state index in [1.165, 1.54) is 0 Å². The van der Waals surface area contributed by atoms with Crippen molar-refractivity contribution in [2.75, 3.05) is 6.61 Å². The average molecular weight is 320 g/mol. The van der Waals surface area contributed by atoms with E-state index in [1.807, 2.05) is 74.5 Å². The number of para-hydroxylation sites is 1. The smallest absolute Gasteiger partial charge is 0.261 e. The molecule has 4 nitrogen and oxygen atoms in total. The average Bonchev–Trinajstić information content (AvgIpc) is 2.59. The summed E-state index contributed by atoms with van der Waals surface area (Å²) in [6.45, 7) is 4.86. The molecule has 1 heterocycles. The highest BCUT2D eigenvalue weighted by Gasteiger charge is 2.10. The predicted molar refractivity (Wildman–Crippen MR) is 96.8 cm³/mol. The molecule has 24 heavy (non-hydrogen) atoms. The molecule has 0 spiro atoms. The van der Waals surface area contributed by atoms with Crippen molar-refractivity contribution in [3.63, 3.8) is 0 Å². The van der Waals surface area contributed by atoms with Crippen molar-refractivity contribution in [2.45, 2.75) is 20.4 Å². The second kappa shape index (κ2) is 7.13. The molecule has 0 saturated heterocycles. The minimum Gasteiger partial charge on any atom is -0.498 e. The van der Waals surface area contributed by atoms with E-state index in [0.717, 1.165) is 11.3 Å². The Bertz CT molecular complexity index is 927. The Morgan fingerprint density at radius 3 is 2.58 bits per heavy atom. The minimum absolute atomic E-state index is 0.0417. The number of allylic oxidation sites excluding steroid dienone is 1. The largest absolute Gasteiger partial charge is 0.498 e. The molecular weight excluding hydrogens is 300 g/mol. The molecule has 0 N–H and O–H groups in total. The van der Waals surface area contributed by atoms with Crippen LogP contribution in [0.2, 0.25) is 0 Å². The van der Waals surface area contributed by atoms with E-state index in [-0.39, 0.29) is 5.56 Å². The number of aromatic nitrogens is 2. The SMILES string of the molecule is CCO/C(C)=C/c1nc2ccccc2c(=O)n1Cc1ccccc1. The molecule has 122 valence electrons. The van der Waals surface area contributed by atoms with Crippen LogP contribution < -0.4 is 5.56 Å². The van der Waals surface area contributed by atoms with Crippen LogP contribution in [-0.4, -0.2) is 16.2 Å². The molecule has 0 amide bonds. The van der Waals surface area contributed by atoms with Crippen LogP contribution in [0.4, 0.5) is 0 Å². The van der Waals surface area contributed by atoms with Crippen LogP contribution in [0.1, 0.15) is 25.2 Å². The van der Waals surface area contributed by atoms with Crippen LogP contribution in [-0.2, 0) is 11.3 Å². The zero-order valence-corrected chi connectivity index (χ0v) is 13.9. The summed E-state index contributed by atoms with van der Waals surface area (Å²) in [5.41, 5.74) is 1.71. The van der Waals surface area contributed by atoms with Gasteiger partial charge in [0.05, 0.1) is 29.8 Å². The Kier molecular flexibility index (Phi) is 4.75. The van der Waals surface area contributed by atoms with E-state index in [1.54, 1.807) is 4.57 Å². The van der Waals surface area contributed by atoms with Gasteiger partial charge in [0.15, 0.2) is 0 Å². The number of nitrogens with zero attached hydrogens (tertiary/aromatic N) is 2. The number of hydrogen-bond acceptors (Lipinski definition) is 3.